The van der Waals surface area contributed by atoms with Gasteiger partial charge in [-0.25, -0.2) is 0 Å². The summed E-state index contributed by atoms with van der Waals surface area (Å²) in [6, 6.07) is 19.2. The van der Waals surface area contributed by atoms with E-state index in [1.54, 1.807) is 6.92 Å². The van der Waals surface area contributed by atoms with Crippen molar-refractivity contribution in [1.29, 1.82) is 0 Å². The summed E-state index contributed by atoms with van der Waals surface area (Å²) >= 11 is 6.82. The zero-order valence-electron chi connectivity index (χ0n) is 11.4. The molecule has 2 aromatic rings. The van der Waals surface area contributed by atoms with Gasteiger partial charge in [-0.2, -0.15) is 0 Å². The molecule has 0 atom stereocenters. The van der Waals surface area contributed by atoms with Gasteiger partial charge in [-0.3, -0.25) is 4.79 Å². The van der Waals surface area contributed by atoms with Crippen molar-refractivity contribution < 1.29 is 9.53 Å². The van der Waals surface area contributed by atoms with Gasteiger partial charge in [0.2, 0.25) is 0 Å². The van der Waals surface area contributed by atoms with Crippen LogP contribution in [0.1, 0.15) is 24.5 Å². The van der Waals surface area contributed by atoms with E-state index in [9.17, 15) is 4.79 Å². The SMILES string of the molecule is CCOC(=O)CC(Cl)(c1ccccc1)c1ccccc1. The van der Waals surface area contributed by atoms with Crippen LogP contribution in [0, 0.1) is 0 Å². The number of halogens is 1. The predicted octanol–water partition coefficient (Wildman–Crippen LogP) is 4.12. The fourth-order valence-corrected chi connectivity index (χ4v) is 2.55. The highest BCUT2D eigenvalue weighted by molar-refractivity contribution is 6.27. The van der Waals surface area contributed by atoms with Crippen molar-refractivity contribution in [1.82, 2.24) is 0 Å². The Bertz CT molecular complexity index is 512. The summed E-state index contributed by atoms with van der Waals surface area (Å²) in [5.74, 6) is -0.296. The average Bonchev–Trinajstić information content (AvgIpc) is 2.49. The molecule has 0 fully saturated rings. The van der Waals surface area contributed by atoms with E-state index in [4.69, 9.17) is 16.3 Å². The molecule has 0 radical (unpaired) electrons. The minimum atomic E-state index is -0.894. The number of rotatable bonds is 5. The summed E-state index contributed by atoms with van der Waals surface area (Å²) in [5, 5.41) is 0. The van der Waals surface area contributed by atoms with E-state index >= 15 is 0 Å². The molecule has 2 rings (SSSR count). The second kappa shape index (κ2) is 6.58. The molecule has 0 saturated carbocycles. The highest BCUT2D eigenvalue weighted by Crippen LogP contribution is 2.40. The van der Waals surface area contributed by atoms with Gasteiger partial charge in [-0.05, 0) is 18.1 Å². The number of ether oxygens (including phenoxy) is 1. The Hall–Kier alpha value is -1.80. The highest BCUT2D eigenvalue weighted by atomic mass is 35.5. The van der Waals surface area contributed by atoms with Crippen molar-refractivity contribution in [3.63, 3.8) is 0 Å². The third-order valence-electron chi connectivity index (χ3n) is 3.16. The normalized spacial score (nSPS) is 11.1. The first-order valence-corrected chi connectivity index (χ1v) is 7.00. The zero-order chi connectivity index (χ0) is 14.4. The number of esters is 1. The number of carbonyl (C=O) groups excluding carboxylic acids is 1. The minimum Gasteiger partial charge on any atom is -0.466 e. The Kier molecular flexibility index (Phi) is 4.80. The monoisotopic (exact) mass is 288 g/mol. The van der Waals surface area contributed by atoms with E-state index in [0.717, 1.165) is 11.1 Å². The van der Waals surface area contributed by atoms with Gasteiger partial charge in [0, 0.05) is 0 Å². The van der Waals surface area contributed by atoms with Crippen LogP contribution < -0.4 is 0 Å². The maximum Gasteiger partial charge on any atom is 0.308 e. The quantitative estimate of drug-likeness (QED) is 0.611. The van der Waals surface area contributed by atoms with Crippen molar-refractivity contribution in [2.75, 3.05) is 6.61 Å². The lowest BCUT2D eigenvalue weighted by Gasteiger charge is -2.27. The molecule has 0 aromatic heterocycles. The van der Waals surface area contributed by atoms with Crippen LogP contribution in [0.4, 0.5) is 0 Å². The predicted molar refractivity (Wildman–Crippen MR) is 80.8 cm³/mol. The molecule has 20 heavy (non-hydrogen) atoms. The first-order chi connectivity index (χ1) is 9.66. The van der Waals surface area contributed by atoms with Crippen LogP contribution in [0.2, 0.25) is 0 Å². The maximum absolute atomic E-state index is 11.9. The summed E-state index contributed by atoms with van der Waals surface area (Å²) in [5.41, 5.74) is 1.78. The molecule has 0 spiro atoms. The number of carbonyl (C=O) groups is 1. The molecule has 0 aliphatic carbocycles. The van der Waals surface area contributed by atoms with Crippen molar-refractivity contribution in [3.8, 4) is 0 Å². The Balaban J connectivity index is 2.41. The Morgan fingerprint density at radius 3 is 1.85 bits per heavy atom. The molecular weight excluding hydrogens is 272 g/mol. The fourth-order valence-electron chi connectivity index (χ4n) is 2.19. The van der Waals surface area contributed by atoms with E-state index in [1.807, 2.05) is 60.7 Å². The summed E-state index contributed by atoms with van der Waals surface area (Å²) in [7, 11) is 0. The number of hydrogen-bond acceptors (Lipinski definition) is 2. The molecule has 0 aliphatic rings. The van der Waals surface area contributed by atoms with E-state index < -0.39 is 4.87 Å². The van der Waals surface area contributed by atoms with Crippen molar-refractivity contribution >= 4 is 17.6 Å². The molecule has 0 N–H and O–H groups in total. The number of alkyl halides is 1. The largest absolute Gasteiger partial charge is 0.466 e. The van der Waals surface area contributed by atoms with Gasteiger partial charge in [0.05, 0.1) is 13.0 Å². The van der Waals surface area contributed by atoms with E-state index in [-0.39, 0.29) is 12.4 Å². The standard InChI is InChI=1S/C17H17ClO2/c1-2-20-16(19)13-17(18,14-9-5-3-6-10-14)15-11-7-4-8-12-15/h3-12H,2,13H2,1H3. The molecule has 0 amide bonds. The number of benzene rings is 2. The van der Waals surface area contributed by atoms with Crippen LogP contribution in [0.5, 0.6) is 0 Å². The Morgan fingerprint density at radius 1 is 1.00 bits per heavy atom. The smallest absolute Gasteiger partial charge is 0.308 e. The second-order valence-electron chi connectivity index (χ2n) is 4.52. The van der Waals surface area contributed by atoms with Gasteiger partial charge in [-0.15, -0.1) is 11.6 Å². The molecule has 0 heterocycles. The van der Waals surface area contributed by atoms with Gasteiger partial charge >= 0.3 is 5.97 Å². The molecule has 104 valence electrons. The summed E-state index contributed by atoms with van der Waals surface area (Å²) in [6.45, 7) is 2.15. The van der Waals surface area contributed by atoms with Crippen LogP contribution in [0.15, 0.2) is 60.7 Å². The minimum absolute atomic E-state index is 0.108. The van der Waals surface area contributed by atoms with Crippen LogP contribution in [-0.4, -0.2) is 12.6 Å². The van der Waals surface area contributed by atoms with Crippen LogP contribution >= 0.6 is 11.6 Å². The first kappa shape index (κ1) is 14.6. The van der Waals surface area contributed by atoms with E-state index in [0.29, 0.717) is 6.61 Å². The summed E-state index contributed by atoms with van der Waals surface area (Å²) in [4.78, 5) is 11.0. The second-order valence-corrected chi connectivity index (χ2v) is 5.16. The van der Waals surface area contributed by atoms with Crippen LogP contribution in [0.3, 0.4) is 0 Å². The molecule has 3 heteroatoms. The first-order valence-electron chi connectivity index (χ1n) is 6.62. The van der Waals surface area contributed by atoms with Gasteiger partial charge < -0.3 is 4.74 Å². The van der Waals surface area contributed by atoms with Gasteiger partial charge in [0.15, 0.2) is 0 Å². The lowest BCUT2D eigenvalue weighted by molar-refractivity contribution is -0.143. The molecule has 0 aliphatic heterocycles. The van der Waals surface area contributed by atoms with E-state index in [2.05, 4.69) is 0 Å². The third-order valence-corrected chi connectivity index (χ3v) is 3.73. The molecule has 0 bridgehead atoms. The maximum atomic E-state index is 11.9. The van der Waals surface area contributed by atoms with Crippen molar-refractivity contribution in [3.05, 3.63) is 71.8 Å². The third kappa shape index (κ3) is 3.20. The topological polar surface area (TPSA) is 26.3 Å². The van der Waals surface area contributed by atoms with Crippen molar-refractivity contribution in [2.24, 2.45) is 0 Å². The van der Waals surface area contributed by atoms with Crippen molar-refractivity contribution in [2.45, 2.75) is 18.2 Å². The van der Waals surface area contributed by atoms with Gasteiger partial charge in [-0.1, -0.05) is 60.7 Å². The molecule has 0 unspecified atom stereocenters. The Labute approximate surface area is 124 Å². The Morgan fingerprint density at radius 2 is 1.45 bits per heavy atom. The summed E-state index contributed by atoms with van der Waals surface area (Å²) in [6.07, 6.45) is 0.108. The molecular formula is C17H17ClO2. The number of hydrogen-bond donors (Lipinski definition) is 0. The summed E-state index contributed by atoms with van der Waals surface area (Å²) < 4.78 is 5.06. The molecule has 0 saturated heterocycles. The van der Waals surface area contributed by atoms with E-state index in [1.165, 1.54) is 0 Å². The molecule has 2 nitrogen and oxygen atoms in total. The fraction of sp³-hybridized carbons (Fsp3) is 0.235. The zero-order valence-corrected chi connectivity index (χ0v) is 12.1. The van der Waals surface area contributed by atoms with Crippen LogP contribution in [0.25, 0.3) is 0 Å². The average molecular weight is 289 g/mol. The van der Waals surface area contributed by atoms with Gasteiger partial charge in [0.1, 0.15) is 4.87 Å². The molecule has 2 aromatic carbocycles. The lowest BCUT2D eigenvalue weighted by Crippen LogP contribution is -2.25. The highest BCUT2D eigenvalue weighted by Gasteiger charge is 2.34. The lowest BCUT2D eigenvalue weighted by atomic mass is 9.87. The van der Waals surface area contributed by atoms with Crippen LogP contribution in [-0.2, 0) is 14.4 Å². The van der Waals surface area contributed by atoms with Gasteiger partial charge in [0.25, 0.3) is 0 Å².